The molecule has 0 saturated heterocycles. The van der Waals surface area contributed by atoms with Gasteiger partial charge in [-0.2, -0.15) is 5.10 Å². The molecule has 0 amide bonds. The van der Waals surface area contributed by atoms with E-state index in [0.29, 0.717) is 27.2 Å². The van der Waals surface area contributed by atoms with E-state index in [0.717, 1.165) is 16.8 Å². The summed E-state index contributed by atoms with van der Waals surface area (Å²) in [7, 11) is 0. The average molecular weight is 382 g/mol. The normalized spacial score (nSPS) is 11.5. The van der Waals surface area contributed by atoms with Gasteiger partial charge in [0.05, 0.1) is 27.3 Å². The van der Waals surface area contributed by atoms with Crippen LogP contribution in [-0.2, 0) is 0 Å². The van der Waals surface area contributed by atoms with Crippen molar-refractivity contribution in [1.29, 1.82) is 0 Å². The molecule has 0 bridgehead atoms. The summed E-state index contributed by atoms with van der Waals surface area (Å²) in [5.41, 5.74) is 2.78. The highest BCUT2D eigenvalue weighted by atomic mass is 35.5. The molecule has 4 aromatic heterocycles. The Morgan fingerprint density at radius 2 is 1.81 bits per heavy atom. The molecule has 4 heterocycles. The number of halogens is 2. The van der Waals surface area contributed by atoms with E-state index in [1.165, 1.54) is 0 Å². The Morgan fingerprint density at radius 1 is 0.885 bits per heavy atom. The van der Waals surface area contributed by atoms with E-state index in [-0.39, 0.29) is 0 Å². The number of fused-ring (bicyclic) bond motifs is 3. The monoisotopic (exact) mass is 381 g/mol. The Hall–Kier alpha value is -3.03. The van der Waals surface area contributed by atoms with Gasteiger partial charge < -0.3 is 0 Å². The summed E-state index contributed by atoms with van der Waals surface area (Å²) in [6.07, 6.45) is 5.08. The van der Waals surface area contributed by atoms with E-state index in [2.05, 4.69) is 25.3 Å². The smallest absolute Gasteiger partial charge is 0.188 e. The highest BCUT2D eigenvalue weighted by Crippen LogP contribution is 2.27. The molecule has 0 radical (unpaired) electrons. The number of aromatic nitrogens is 7. The first-order valence-corrected chi connectivity index (χ1v) is 8.42. The molecule has 0 fully saturated rings. The van der Waals surface area contributed by atoms with Crippen molar-refractivity contribution in [3.8, 4) is 17.2 Å². The van der Waals surface area contributed by atoms with Crippen LogP contribution in [0, 0.1) is 0 Å². The summed E-state index contributed by atoms with van der Waals surface area (Å²) in [6.45, 7) is 0. The second-order valence-corrected chi connectivity index (χ2v) is 6.38. The van der Waals surface area contributed by atoms with Gasteiger partial charge in [0.25, 0.3) is 0 Å². The van der Waals surface area contributed by atoms with Crippen molar-refractivity contribution in [2.45, 2.75) is 0 Å². The van der Waals surface area contributed by atoms with Crippen LogP contribution in [0.15, 0.2) is 55.1 Å². The van der Waals surface area contributed by atoms with Crippen LogP contribution in [0.25, 0.3) is 33.9 Å². The Labute approximate surface area is 156 Å². The number of pyridine rings is 1. The van der Waals surface area contributed by atoms with Gasteiger partial charge in [-0.1, -0.05) is 29.3 Å². The summed E-state index contributed by atoms with van der Waals surface area (Å²) in [6, 6.07) is 10.9. The number of hydrogen-bond acceptors (Lipinski definition) is 5. The molecule has 26 heavy (non-hydrogen) atoms. The fourth-order valence-electron chi connectivity index (χ4n) is 2.80. The second kappa shape index (κ2) is 5.76. The molecular weight excluding hydrogens is 373 g/mol. The molecule has 0 spiro atoms. The van der Waals surface area contributed by atoms with Crippen molar-refractivity contribution >= 4 is 39.9 Å². The van der Waals surface area contributed by atoms with Gasteiger partial charge in [0.2, 0.25) is 0 Å². The predicted molar refractivity (Wildman–Crippen MR) is 98.7 cm³/mol. The molecule has 0 unspecified atom stereocenters. The number of hydrogen-bond donors (Lipinski definition) is 0. The minimum absolute atomic E-state index is 0.453. The van der Waals surface area contributed by atoms with Crippen LogP contribution in [0.1, 0.15) is 0 Å². The molecule has 0 atom stereocenters. The van der Waals surface area contributed by atoms with Crippen molar-refractivity contribution in [1.82, 2.24) is 34.3 Å². The SMILES string of the molecule is Clc1ccc(-n2ncc3c2ncn2c(-c4ccccn4)nnc32)cc1Cl. The molecular formula is C17H9Cl2N7. The lowest BCUT2D eigenvalue weighted by Gasteiger charge is -2.05. The van der Waals surface area contributed by atoms with Gasteiger partial charge in [-0.05, 0) is 30.3 Å². The summed E-state index contributed by atoms with van der Waals surface area (Å²) in [5.74, 6) is 0.622. The van der Waals surface area contributed by atoms with Crippen molar-refractivity contribution in [3.63, 3.8) is 0 Å². The summed E-state index contributed by atoms with van der Waals surface area (Å²) < 4.78 is 3.48. The van der Waals surface area contributed by atoms with Crippen molar-refractivity contribution in [2.24, 2.45) is 0 Å². The third-order valence-electron chi connectivity index (χ3n) is 4.02. The Morgan fingerprint density at radius 3 is 2.62 bits per heavy atom. The third-order valence-corrected chi connectivity index (χ3v) is 4.76. The lowest BCUT2D eigenvalue weighted by atomic mass is 10.3. The van der Waals surface area contributed by atoms with Crippen molar-refractivity contribution in [2.75, 3.05) is 0 Å². The first-order valence-electron chi connectivity index (χ1n) is 7.66. The van der Waals surface area contributed by atoms with Crippen LogP contribution in [0.3, 0.4) is 0 Å². The van der Waals surface area contributed by atoms with E-state index in [9.17, 15) is 0 Å². The second-order valence-electron chi connectivity index (χ2n) is 5.57. The molecule has 0 aliphatic carbocycles. The van der Waals surface area contributed by atoms with Gasteiger partial charge in [0, 0.05) is 6.20 Å². The molecule has 0 N–H and O–H groups in total. The van der Waals surface area contributed by atoms with Crippen molar-refractivity contribution in [3.05, 3.63) is 65.2 Å². The fraction of sp³-hybridized carbons (Fsp3) is 0. The van der Waals surface area contributed by atoms with E-state index in [4.69, 9.17) is 23.2 Å². The zero-order chi connectivity index (χ0) is 17.7. The topological polar surface area (TPSA) is 73.8 Å². The maximum Gasteiger partial charge on any atom is 0.188 e. The summed E-state index contributed by atoms with van der Waals surface area (Å²) in [4.78, 5) is 8.86. The number of benzene rings is 1. The molecule has 126 valence electrons. The minimum atomic E-state index is 0.453. The third kappa shape index (κ3) is 2.25. The van der Waals surface area contributed by atoms with Crippen LogP contribution in [0.4, 0.5) is 0 Å². The molecule has 5 rings (SSSR count). The van der Waals surface area contributed by atoms with Crippen molar-refractivity contribution < 1.29 is 0 Å². The molecule has 7 nitrogen and oxygen atoms in total. The molecule has 5 aromatic rings. The Kier molecular flexibility index (Phi) is 3.37. The van der Waals surface area contributed by atoms with E-state index in [1.807, 2.05) is 24.3 Å². The highest BCUT2D eigenvalue weighted by Gasteiger charge is 2.16. The maximum absolute atomic E-state index is 6.12. The van der Waals surface area contributed by atoms with Gasteiger partial charge in [-0.3, -0.25) is 9.38 Å². The van der Waals surface area contributed by atoms with E-state index < -0.39 is 0 Å². The standard InChI is InChI=1S/C17H9Cl2N7/c18-12-5-4-10(7-13(12)19)26-15-11(8-22-26)16-23-24-17(25(16)9-21-15)14-3-1-2-6-20-14/h1-9H. The van der Waals surface area contributed by atoms with Crippen LogP contribution in [0.5, 0.6) is 0 Å². The molecule has 9 heteroatoms. The van der Waals surface area contributed by atoms with E-state index in [1.54, 1.807) is 39.9 Å². The fourth-order valence-corrected chi connectivity index (χ4v) is 3.09. The molecule has 1 aromatic carbocycles. The zero-order valence-electron chi connectivity index (χ0n) is 13.1. The molecule has 0 aliphatic rings. The molecule has 0 aliphatic heterocycles. The average Bonchev–Trinajstić information content (AvgIpc) is 3.28. The van der Waals surface area contributed by atoms with Crippen LogP contribution in [-0.4, -0.2) is 34.3 Å². The Balaban J connectivity index is 1.72. The maximum atomic E-state index is 6.12. The Bertz CT molecular complexity index is 1260. The zero-order valence-corrected chi connectivity index (χ0v) is 14.6. The molecule has 0 saturated carbocycles. The van der Waals surface area contributed by atoms with Crippen LogP contribution < -0.4 is 0 Å². The first-order chi connectivity index (χ1) is 12.7. The van der Waals surface area contributed by atoms with Gasteiger partial charge in [-0.25, -0.2) is 9.67 Å². The predicted octanol–water partition coefficient (Wildman–Crippen LogP) is 3.83. The first kappa shape index (κ1) is 15.2. The van der Waals surface area contributed by atoms with Gasteiger partial charge in [0.15, 0.2) is 17.1 Å². The summed E-state index contributed by atoms with van der Waals surface area (Å²) in [5, 5.41) is 14.7. The number of nitrogens with zero attached hydrogens (tertiary/aromatic N) is 7. The van der Waals surface area contributed by atoms with Gasteiger partial charge in [0.1, 0.15) is 12.0 Å². The van der Waals surface area contributed by atoms with Gasteiger partial charge in [-0.15, -0.1) is 10.2 Å². The van der Waals surface area contributed by atoms with Crippen LogP contribution >= 0.6 is 23.2 Å². The van der Waals surface area contributed by atoms with E-state index >= 15 is 0 Å². The summed E-state index contributed by atoms with van der Waals surface area (Å²) >= 11 is 12.1. The van der Waals surface area contributed by atoms with Crippen LogP contribution in [0.2, 0.25) is 10.0 Å². The van der Waals surface area contributed by atoms with Gasteiger partial charge >= 0.3 is 0 Å². The lowest BCUT2D eigenvalue weighted by molar-refractivity contribution is 0.893. The number of rotatable bonds is 2. The quantitative estimate of drug-likeness (QED) is 0.464. The largest absolute Gasteiger partial charge is 0.263 e. The highest BCUT2D eigenvalue weighted by molar-refractivity contribution is 6.42. The minimum Gasteiger partial charge on any atom is -0.263 e. The lowest BCUT2D eigenvalue weighted by Crippen LogP contribution is -1.99.